The second kappa shape index (κ2) is 13.0. The Labute approximate surface area is 235 Å². The Balaban J connectivity index is 1.54. The molecule has 0 bridgehead atoms. The Bertz CT molecular complexity index is 1490. The number of aromatic nitrogens is 1. The fourth-order valence-electron chi connectivity index (χ4n) is 4.74. The molecule has 1 N–H and O–H groups in total. The number of ether oxygens (including phenoxy) is 1. The van der Waals surface area contributed by atoms with Crippen molar-refractivity contribution < 1.29 is 19.1 Å². The summed E-state index contributed by atoms with van der Waals surface area (Å²) in [7, 11) is 0. The number of carbonyl (C=O) groups excluding carboxylic acids is 3. The first kappa shape index (κ1) is 28.4. The number of nitrogens with zero attached hydrogens (tertiary/aromatic N) is 1. The van der Waals surface area contributed by atoms with Crippen molar-refractivity contribution in [1.29, 1.82) is 0 Å². The number of carbonyl (C=O) groups is 3. The number of benzene rings is 3. The molecule has 40 heavy (non-hydrogen) atoms. The van der Waals surface area contributed by atoms with Crippen LogP contribution in [0.3, 0.4) is 0 Å². The lowest BCUT2D eigenvalue weighted by molar-refractivity contribution is -0.144. The predicted molar refractivity (Wildman–Crippen MR) is 156 cm³/mol. The van der Waals surface area contributed by atoms with Gasteiger partial charge in [0.2, 0.25) is 0 Å². The minimum Gasteiger partial charge on any atom is -0.464 e. The largest absolute Gasteiger partial charge is 0.464 e. The van der Waals surface area contributed by atoms with Crippen molar-refractivity contribution in [2.45, 2.75) is 46.1 Å². The summed E-state index contributed by atoms with van der Waals surface area (Å²) in [6.07, 6.45) is 2.03. The molecule has 0 aliphatic heterocycles. The molecule has 4 rings (SSSR count). The Morgan fingerprint density at radius 1 is 0.850 bits per heavy atom. The molecule has 2 atom stereocenters. The van der Waals surface area contributed by atoms with Crippen molar-refractivity contribution >= 4 is 17.7 Å². The third-order valence-corrected chi connectivity index (χ3v) is 6.95. The van der Waals surface area contributed by atoms with Crippen LogP contribution < -0.4 is 5.32 Å². The highest BCUT2D eigenvalue weighted by Crippen LogP contribution is 2.33. The zero-order valence-electron chi connectivity index (χ0n) is 23.3. The van der Waals surface area contributed by atoms with Crippen molar-refractivity contribution in [3.05, 3.63) is 125 Å². The molecule has 204 valence electrons. The van der Waals surface area contributed by atoms with Crippen LogP contribution in [0.2, 0.25) is 0 Å². The first-order valence-corrected chi connectivity index (χ1v) is 13.5. The van der Waals surface area contributed by atoms with E-state index in [1.807, 2.05) is 49.4 Å². The van der Waals surface area contributed by atoms with Crippen molar-refractivity contribution in [3.8, 4) is 11.1 Å². The van der Waals surface area contributed by atoms with E-state index in [4.69, 9.17) is 4.74 Å². The van der Waals surface area contributed by atoms with Gasteiger partial charge in [-0.15, -0.1) is 0 Å². The summed E-state index contributed by atoms with van der Waals surface area (Å²) in [4.78, 5) is 41.9. The van der Waals surface area contributed by atoms with E-state index in [1.165, 1.54) is 0 Å². The molecule has 6 heteroatoms. The first-order chi connectivity index (χ1) is 19.3. The number of rotatable bonds is 10. The highest BCUT2D eigenvalue weighted by atomic mass is 16.5. The number of pyridine rings is 1. The van der Waals surface area contributed by atoms with Crippen LogP contribution >= 0.6 is 0 Å². The summed E-state index contributed by atoms with van der Waals surface area (Å²) in [6, 6.07) is 26.5. The fourth-order valence-corrected chi connectivity index (χ4v) is 4.74. The Morgan fingerprint density at radius 3 is 2.12 bits per heavy atom. The average Bonchev–Trinajstić information content (AvgIpc) is 2.96. The molecule has 0 aliphatic carbocycles. The number of Topliss-reactive ketones (excluding diaryl/α,β-unsaturated/α-hetero) is 1. The molecule has 0 unspecified atom stereocenters. The minimum absolute atomic E-state index is 0.0777. The van der Waals surface area contributed by atoms with Gasteiger partial charge in [-0.05, 0) is 79.8 Å². The van der Waals surface area contributed by atoms with Gasteiger partial charge in [0.05, 0.1) is 6.61 Å². The molecule has 0 aliphatic rings. The zero-order chi connectivity index (χ0) is 28.6. The quantitative estimate of drug-likeness (QED) is 0.187. The SMILES string of the molecule is CCOC(=O)[C@H](C)NC(=O)c1ccc(-c2ccc([C@H](CC(=O)c3ccnc(C)c3)c3ccccc3C)cc2)cc1. The lowest BCUT2D eigenvalue weighted by Gasteiger charge is -2.20. The van der Waals surface area contributed by atoms with E-state index in [1.54, 1.807) is 38.2 Å². The van der Waals surface area contributed by atoms with Crippen LogP contribution in [0, 0.1) is 13.8 Å². The standard InChI is InChI=1S/C34H34N2O4/c1-5-40-34(39)24(4)36-33(38)28-16-12-26(13-17-28)25-10-14-27(15-11-25)31(30-9-7-6-8-22(30)2)21-32(37)29-18-19-35-23(3)20-29/h6-20,24,31H,5,21H2,1-4H3,(H,36,38)/t24-,31-/m0/s1. The van der Waals surface area contributed by atoms with E-state index >= 15 is 0 Å². The van der Waals surface area contributed by atoms with Crippen LogP contribution in [0.25, 0.3) is 11.1 Å². The Morgan fingerprint density at radius 2 is 1.50 bits per heavy atom. The second-order valence-electron chi connectivity index (χ2n) is 9.87. The molecule has 0 radical (unpaired) electrons. The first-order valence-electron chi connectivity index (χ1n) is 13.5. The third kappa shape index (κ3) is 6.89. The molecule has 1 aromatic heterocycles. The zero-order valence-corrected chi connectivity index (χ0v) is 23.3. The molecule has 1 amide bonds. The van der Waals surface area contributed by atoms with Gasteiger partial charge < -0.3 is 10.1 Å². The van der Waals surface area contributed by atoms with Gasteiger partial charge in [0, 0.05) is 35.4 Å². The van der Waals surface area contributed by atoms with Crippen LogP contribution in [0.15, 0.2) is 91.1 Å². The highest BCUT2D eigenvalue weighted by Gasteiger charge is 2.21. The molecule has 3 aromatic carbocycles. The van der Waals surface area contributed by atoms with Gasteiger partial charge in [-0.25, -0.2) is 4.79 Å². The van der Waals surface area contributed by atoms with Gasteiger partial charge in [-0.3, -0.25) is 14.6 Å². The van der Waals surface area contributed by atoms with Crippen molar-refractivity contribution in [2.75, 3.05) is 6.61 Å². The van der Waals surface area contributed by atoms with E-state index in [0.717, 1.165) is 33.5 Å². The van der Waals surface area contributed by atoms with Crippen molar-refractivity contribution in [2.24, 2.45) is 0 Å². The minimum atomic E-state index is -0.727. The van der Waals surface area contributed by atoms with Crippen LogP contribution in [0.1, 0.15) is 69.3 Å². The highest BCUT2D eigenvalue weighted by molar-refractivity contribution is 5.97. The molecule has 0 spiro atoms. The van der Waals surface area contributed by atoms with Gasteiger partial charge in [0.15, 0.2) is 5.78 Å². The number of ketones is 1. The molecule has 0 saturated carbocycles. The maximum Gasteiger partial charge on any atom is 0.328 e. The monoisotopic (exact) mass is 534 g/mol. The van der Waals surface area contributed by atoms with Crippen LogP contribution in [-0.2, 0) is 9.53 Å². The van der Waals surface area contributed by atoms with Gasteiger partial charge in [-0.1, -0.05) is 60.7 Å². The second-order valence-corrected chi connectivity index (χ2v) is 9.87. The molecule has 0 saturated heterocycles. The smallest absolute Gasteiger partial charge is 0.328 e. The summed E-state index contributed by atoms with van der Waals surface area (Å²) >= 11 is 0. The number of hydrogen-bond acceptors (Lipinski definition) is 5. The van der Waals surface area contributed by atoms with Crippen LogP contribution in [0.4, 0.5) is 0 Å². The van der Waals surface area contributed by atoms with Crippen LogP contribution in [0.5, 0.6) is 0 Å². The number of amides is 1. The number of aryl methyl sites for hydroxylation is 2. The fraction of sp³-hybridized carbons (Fsp3) is 0.235. The summed E-state index contributed by atoms with van der Waals surface area (Å²) in [5, 5.41) is 2.67. The van der Waals surface area contributed by atoms with Gasteiger partial charge in [0.1, 0.15) is 6.04 Å². The summed E-state index contributed by atoms with van der Waals surface area (Å²) < 4.78 is 4.95. The van der Waals surface area contributed by atoms with E-state index in [-0.39, 0.29) is 24.2 Å². The summed E-state index contributed by atoms with van der Waals surface area (Å²) in [5.74, 6) is -0.815. The maximum absolute atomic E-state index is 13.3. The molecular formula is C34H34N2O4. The maximum atomic E-state index is 13.3. The summed E-state index contributed by atoms with van der Waals surface area (Å²) in [6.45, 7) is 7.55. The molecule has 1 heterocycles. The Hall–Kier alpha value is -4.58. The average molecular weight is 535 g/mol. The topological polar surface area (TPSA) is 85.4 Å². The number of nitrogens with one attached hydrogen (secondary N) is 1. The van der Waals surface area contributed by atoms with E-state index in [2.05, 4.69) is 41.5 Å². The lowest BCUT2D eigenvalue weighted by atomic mass is 9.83. The molecule has 6 nitrogen and oxygen atoms in total. The van der Waals surface area contributed by atoms with E-state index in [9.17, 15) is 14.4 Å². The van der Waals surface area contributed by atoms with E-state index in [0.29, 0.717) is 17.5 Å². The third-order valence-electron chi connectivity index (χ3n) is 6.95. The van der Waals surface area contributed by atoms with Gasteiger partial charge in [-0.2, -0.15) is 0 Å². The molecular weight excluding hydrogens is 500 g/mol. The number of esters is 1. The van der Waals surface area contributed by atoms with Gasteiger partial charge >= 0.3 is 5.97 Å². The summed E-state index contributed by atoms with van der Waals surface area (Å²) in [5.41, 5.74) is 7.22. The van der Waals surface area contributed by atoms with E-state index < -0.39 is 12.0 Å². The van der Waals surface area contributed by atoms with Crippen molar-refractivity contribution in [1.82, 2.24) is 10.3 Å². The molecule has 4 aromatic rings. The Kier molecular flexibility index (Phi) is 9.23. The van der Waals surface area contributed by atoms with Gasteiger partial charge in [0.25, 0.3) is 5.91 Å². The lowest BCUT2D eigenvalue weighted by Crippen LogP contribution is -2.39. The molecule has 0 fully saturated rings. The predicted octanol–water partition coefficient (Wildman–Crippen LogP) is 6.45. The van der Waals surface area contributed by atoms with Crippen molar-refractivity contribution in [3.63, 3.8) is 0 Å². The van der Waals surface area contributed by atoms with Crippen LogP contribution in [-0.4, -0.2) is 35.3 Å². The number of hydrogen-bond donors (Lipinski definition) is 1. The normalized spacial score (nSPS) is 12.3.